The van der Waals surface area contributed by atoms with Crippen molar-refractivity contribution >= 4 is 27.3 Å². The smallest absolute Gasteiger partial charge is 0.300 e. The van der Waals surface area contributed by atoms with Gasteiger partial charge in [-0.2, -0.15) is 0 Å². The number of halogens is 1. The van der Waals surface area contributed by atoms with Crippen LogP contribution in [-0.4, -0.2) is 15.3 Å². The maximum Gasteiger partial charge on any atom is 0.300 e. The molecule has 0 atom stereocenters. The van der Waals surface area contributed by atoms with Crippen LogP contribution in [0, 0.1) is 0 Å². The van der Waals surface area contributed by atoms with Crippen LogP contribution in [0.25, 0.3) is 0 Å². The normalized spacial score (nSPS) is 10.3. The second-order valence-corrected chi connectivity index (χ2v) is 4.90. The van der Waals surface area contributed by atoms with Gasteiger partial charge in [0.1, 0.15) is 5.75 Å². The van der Waals surface area contributed by atoms with E-state index < -0.39 is 0 Å². The summed E-state index contributed by atoms with van der Waals surface area (Å²) in [4.78, 5) is 0. The van der Waals surface area contributed by atoms with Crippen LogP contribution in [0.5, 0.6) is 10.9 Å². The maximum atomic E-state index is 9.08. The Balaban J connectivity index is 2.23. The first kappa shape index (κ1) is 10.5. The van der Waals surface area contributed by atoms with Crippen molar-refractivity contribution in [3.63, 3.8) is 0 Å². The number of aliphatic hydroxyl groups excluding tert-OH is 1. The minimum Gasteiger partial charge on any atom is -0.429 e. The van der Waals surface area contributed by atoms with Gasteiger partial charge in [0.25, 0.3) is 5.19 Å². The summed E-state index contributed by atoms with van der Waals surface area (Å²) < 4.78 is 6.14. The molecular weight excluding hydrogens is 280 g/mol. The number of hydrogen-bond acceptors (Lipinski definition) is 5. The Bertz CT molecular complexity index is 461. The predicted molar refractivity (Wildman–Crippen MR) is 60.0 cm³/mol. The third-order valence-electron chi connectivity index (χ3n) is 1.72. The molecule has 0 aliphatic heterocycles. The van der Waals surface area contributed by atoms with E-state index in [1.54, 1.807) is 12.1 Å². The van der Waals surface area contributed by atoms with E-state index >= 15 is 0 Å². The van der Waals surface area contributed by atoms with Crippen molar-refractivity contribution in [2.75, 3.05) is 0 Å². The van der Waals surface area contributed by atoms with Crippen molar-refractivity contribution in [2.45, 2.75) is 6.61 Å². The largest absolute Gasteiger partial charge is 0.429 e. The van der Waals surface area contributed by atoms with E-state index in [2.05, 4.69) is 26.1 Å². The molecule has 0 fully saturated rings. The standard InChI is InChI=1S/C9H7BrN2O2S/c10-8-11-12-9(15-8)14-7-4-2-1-3-6(7)5-13/h1-4,13H,5H2. The number of nitrogens with zero attached hydrogens (tertiary/aromatic N) is 2. The monoisotopic (exact) mass is 286 g/mol. The fraction of sp³-hybridized carbons (Fsp3) is 0.111. The lowest BCUT2D eigenvalue weighted by Gasteiger charge is -2.05. The second kappa shape index (κ2) is 4.69. The lowest BCUT2D eigenvalue weighted by atomic mass is 10.2. The molecule has 15 heavy (non-hydrogen) atoms. The summed E-state index contributed by atoms with van der Waals surface area (Å²) in [6.45, 7) is -0.0594. The van der Waals surface area contributed by atoms with Gasteiger partial charge in [-0.05, 0) is 33.3 Å². The van der Waals surface area contributed by atoms with Crippen LogP contribution < -0.4 is 4.74 Å². The fourth-order valence-corrected chi connectivity index (χ4v) is 2.00. The predicted octanol–water partition coefficient (Wildman–Crippen LogP) is 2.59. The molecule has 0 bridgehead atoms. The first-order valence-corrected chi connectivity index (χ1v) is 5.76. The summed E-state index contributed by atoms with van der Waals surface area (Å²) in [5, 5.41) is 17.1. The number of aliphatic hydroxyl groups is 1. The summed E-state index contributed by atoms with van der Waals surface area (Å²) in [5.41, 5.74) is 0.726. The van der Waals surface area contributed by atoms with E-state index in [1.807, 2.05) is 12.1 Å². The summed E-state index contributed by atoms with van der Waals surface area (Å²) in [6.07, 6.45) is 0. The van der Waals surface area contributed by atoms with Gasteiger partial charge in [-0.3, -0.25) is 0 Å². The summed E-state index contributed by atoms with van der Waals surface area (Å²) >= 11 is 4.49. The minimum absolute atomic E-state index is 0.0594. The fourth-order valence-electron chi connectivity index (χ4n) is 1.06. The van der Waals surface area contributed by atoms with Gasteiger partial charge in [-0.15, -0.1) is 5.10 Å². The van der Waals surface area contributed by atoms with Gasteiger partial charge in [0, 0.05) is 5.56 Å². The van der Waals surface area contributed by atoms with Gasteiger partial charge in [0.15, 0.2) is 3.92 Å². The van der Waals surface area contributed by atoms with Crippen molar-refractivity contribution in [3.8, 4) is 10.9 Å². The molecule has 1 N–H and O–H groups in total. The first-order chi connectivity index (χ1) is 7.29. The molecule has 2 aromatic rings. The van der Waals surface area contributed by atoms with Crippen LogP contribution in [0.4, 0.5) is 0 Å². The molecule has 2 rings (SSSR count). The first-order valence-electron chi connectivity index (χ1n) is 4.15. The molecule has 1 heterocycles. The van der Waals surface area contributed by atoms with Crippen molar-refractivity contribution in [3.05, 3.63) is 33.7 Å². The van der Waals surface area contributed by atoms with Gasteiger partial charge < -0.3 is 9.84 Å². The zero-order valence-corrected chi connectivity index (χ0v) is 9.96. The number of hydrogen-bond donors (Lipinski definition) is 1. The molecule has 0 aliphatic carbocycles. The lowest BCUT2D eigenvalue weighted by molar-refractivity contribution is 0.276. The van der Waals surface area contributed by atoms with Crippen molar-refractivity contribution in [1.82, 2.24) is 10.2 Å². The highest BCUT2D eigenvalue weighted by atomic mass is 79.9. The number of rotatable bonds is 3. The van der Waals surface area contributed by atoms with Crippen LogP contribution in [0.2, 0.25) is 0 Å². The van der Waals surface area contributed by atoms with E-state index in [4.69, 9.17) is 9.84 Å². The van der Waals surface area contributed by atoms with Crippen LogP contribution in [0.3, 0.4) is 0 Å². The van der Waals surface area contributed by atoms with E-state index in [0.29, 0.717) is 14.9 Å². The lowest BCUT2D eigenvalue weighted by Crippen LogP contribution is -1.90. The van der Waals surface area contributed by atoms with Gasteiger partial charge in [0.2, 0.25) is 0 Å². The molecule has 4 nitrogen and oxygen atoms in total. The molecule has 78 valence electrons. The SMILES string of the molecule is OCc1ccccc1Oc1nnc(Br)s1. The van der Waals surface area contributed by atoms with E-state index in [1.165, 1.54) is 11.3 Å². The van der Waals surface area contributed by atoms with Crippen LogP contribution in [0.15, 0.2) is 28.2 Å². The maximum absolute atomic E-state index is 9.08. The third kappa shape index (κ3) is 2.53. The molecule has 0 amide bonds. The average Bonchev–Trinajstić information content (AvgIpc) is 2.65. The quantitative estimate of drug-likeness (QED) is 0.942. The van der Waals surface area contributed by atoms with E-state index in [0.717, 1.165) is 5.56 Å². The molecule has 0 unspecified atom stereocenters. The topological polar surface area (TPSA) is 55.2 Å². The van der Waals surface area contributed by atoms with Gasteiger partial charge in [0.05, 0.1) is 6.61 Å². The van der Waals surface area contributed by atoms with E-state index in [-0.39, 0.29) is 6.61 Å². The van der Waals surface area contributed by atoms with E-state index in [9.17, 15) is 0 Å². The highest BCUT2D eigenvalue weighted by Gasteiger charge is 2.07. The van der Waals surface area contributed by atoms with Crippen molar-refractivity contribution in [1.29, 1.82) is 0 Å². The number of benzene rings is 1. The van der Waals surface area contributed by atoms with Crippen LogP contribution >= 0.6 is 27.3 Å². The zero-order chi connectivity index (χ0) is 10.7. The number of ether oxygens (including phenoxy) is 1. The number of para-hydroxylation sites is 1. The van der Waals surface area contributed by atoms with Gasteiger partial charge in [-0.25, -0.2) is 0 Å². The molecule has 0 saturated heterocycles. The highest BCUT2D eigenvalue weighted by molar-refractivity contribution is 9.11. The zero-order valence-electron chi connectivity index (χ0n) is 7.55. The van der Waals surface area contributed by atoms with Crippen molar-refractivity contribution in [2.24, 2.45) is 0 Å². The Kier molecular flexibility index (Phi) is 3.30. The molecule has 6 heteroatoms. The van der Waals surface area contributed by atoms with Crippen LogP contribution in [-0.2, 0) is 6.61 Å². The Labute approximate surface area is 98.7 Å². The van der Waals surface area contributed by atoms with Crippen LogP contribution in [0.1, 0.15) is 5.56 Å². The number of aromatic nitrogens is 2. The highest BCUT2D eigenvalue weighted by Crippen LogP contribution is 2.29. The Hall–Kier alpha value is -0.980. The summed E-state index contributed by atoms with van der Waals surface area (Å²) in [7, 11) is 0. The third-order valence-corrected chi connectivity index (χ3v) is 2.96. The molecule has 0 saturated carbocycles. The molecule has 0 spiro atoms. The Morgan fingerprint density at radius 3 is 2.80 bits per heavy atom. The minimum atomic E-state index is -0.0594. The molecule has 0 aliphatic rings. The Morgan fingerprint density at radius 1 is 1.33 bits per heavy atom. The molecule has 0 radical (unpaired) electrons. The van der Waals surface area contributed by atoms with Crippen molar-refractivity contribution < 1.29 is 9.84 Å². The molecular formula is C9H7BrN2O2S. The van der Waals surface area contributed by atoms with Gasteiger partial charge in [-0.1, -0.05) is 23.3 Å². The molecule has 1 aromatic heterocycles. The van der Waals surface area contributed by atoms with Gasteiger partial charge >= 0.3 is 0 Å². The summed E-state index contributed by atoms with van der Waals surface area (Å²) in [5.74, 6) is 0.601. The summed E-state index contributed by atoms with van der Waals surface area (Å²) in [6, 6.07) is 7.26. The molecule has 1 aromatic carbocycles. The average molecular weight is 287 g/mol. The second-order valence-electron chi connectivity index (χ2n) is 2.69. The Morgan fingerprint density at radius 2 is 2.13 bits per heavy atom.